The van der Waals surface area contributed by atoms with Crippen molar-refractivity contribution in [3.05, 3.63) is 23.8 Å². The summed E-state index contributed by atoms with van der Waals surface area (Å²) in [6, 6.07) is 7.94. The van der Waals surface area contributed by atoms with Crippen molar-refractivity contribution in [1.82, 2.24) is 0 Å². The van der Waals surface area contributed by atoms with Gasteiger partial charge in [0.2, 0.25) is 0 Å². The zero-order chi connectivity index (χ0) is 13.5. The average Bonchev–Trinajstić information content (AvgIpc) is 2.31. The molecule has 0 saturated heterocycles. The van der Waals surface area contributed by atoms with Crippen LogP contribution in [0.1, 0.15) is 18.9 Å². The second-order valence-corrected chi connectivity index (χ2v) is 5.91. The van der Waals surface area contributed by atoms with E-state index >= 15 is 0 Å². The van der Waals surface area contributed by atoms with Crippen LogP contribution in [0.5, 0.6) is 0 Å². The van der Waals surface area contributed by atoms with Gasteiger partial charge in [-0.15, -0.1) is 0 Å². The van der Waals surface area contributed by atoms with Crippen molar-refractivity contribution in [3.63, 3.8) is 0 Å². The van der Waals surface area contributed by atoms with E-state index in [1.807, 2.05) is 19.1 Å². The number of anilines is 2. The topological polar surface area (TPSA) is 78.9 Å². The summed E-state index contributed by atoms with van der Waals surface area (Å²) in [5, 5.41) is 12.0. The van der Waals surface area contributed by atoms with Crippen LogP contribution in [0.15, 0.2) is 18.2 Å². The number of hydrogen-bond acceptors (Lipinski definition) is 4. The standard InChI is InChI=1S/C13H19N3OS/c1-10(6-8-18(2)17)16-12-3-4-13(15)11(9-12)5-7-14/h3-4,9-10,16H,5-6,8,15H2,1-2H3. The Morgan fingerprint density at radius 1 is 1.56 bits per heavy atom. The predicted octanol–water partition coefficient (Wildman–Crippen LogP) is 1.90. The van der Waals surface area contributed by atoms with E-state index < -0.39 is 10.8 Å². The third-order valence-electron chi connectivity index (χ3n) is 2.66. The van der Waals surface area contributed by atoms with Crippen LogP contribution in [0.25, 0.3) is 0 Å². The van der Waals surface area contributed by atoms with Gasteiger partial charge in [-0.25, -0.2) is 0 Å². The van der Waals surface area contributed by atoms with Gasteiger partial charge in [0.1, 0.15) is 0 Å². The molecule has 0 fully saturated rings. The molecule has 0 aliphatic carbocycles. The van der Waals surface area contributed by atoms with Gasteiger partial charge in [0.25, 0.3) is 0 Å². The first-order chi connectivity index (χ1) is 8.52. The molecule has 18 heavy (non-hydrogen) atoms. The normalized spacial score (nSPS) is 13.6. The summed E-state index contributed by atoms with van der Waals surface area (Å²) in [5.41, 5.74) is 8.22. The quantitative estimate of drug-likeness (QED) is 0.770. The van der Waals surface area contributed by atoms with Crippen LogP contribution in [0.3, 0.4) is 0 Å². The first-order valence-electron chi connectivity index (χ1n) is 5.85. The fraction of sp³-hybridized carbons (Fsp3) is 0.462. The van der Waals surface area contributed by atoms with Gasteiger partial charge in [0, 0.05) is 40.2 Å². The summed E-state index contributed by atoms with van der Waals surface area (Å²) in [6.45, 7) is 2.05. The number of nitriles is 1. The van der Waals surface area contributed by atoms with Crippen molar-refractivity contribution in [2.24, 2.45) is 0 Å². The maximum absolute atomic E-state index is 11.0. The highest BCUT2D eigenvalue weighted by molar-refractivity contribution is 7.84. The Balaban J connectivity index is 2.64. The average molecular weight is 265 g/mol. The van der Waals surface area contributed by atoms with Crippen LogP contribution in [0.4, 0.5) is 11.4 Å². The first-order valence-corrected chi connectivity index (χ1v) is 7.57. The Bertz CT molecular complexity index is 468. The zero-order valence-electron chi connectivity index (χ0n) is 10.8. The molecule has 1 rings (SSSR count). The third-order valence-corrected chi connectivity index (χ3v) is 3.47. The van der Waals surface area contributed by atoms with Crippen molar-refractivity contribution in [3.8, 4) is 6.07 Å². The first kappa shape index (κ1) is 14.5. The molecule has 2 unspecified atom stereocenters. The lowest BCUT2D eigenvalue weighted by Crippen LogP contribution is -2.18. The van der Waals surface area contributed by atoms with Crippen molar-refractivity contribution in [2.75, 3.05) is 23.1 Å². The van der Waals surface area contributed by atoms with E-state index in [0.717, 1.165) is 17.7 Å². The smallest absolute Gasteiger partial charge is 0.0670 e. The summed E-state index contributed by atoms with van der Waals surface area (Å²) < 4.78 is 11.0. The molecule has 1 aromatic carbocycles. The second kappa shape index (κ2) is 7.02. The molecule has 98 valence electrons. The minimum Gasteiger partial charge on any atom is -0.398 e. The van der Waals surface area contributed by atoms with Gasteiger partial charge in [-0.3, -0.25) is 4.21 Å². The summed E-state index contributed by atoms with van der Waals surface area (Å²) in [6.07, 6.45) is 2.87. The highest BCUT2D eigenvalue weighted by Crippen LogP contribution is 2.19. The van der Waals surface area contributed by atoms with E-state index in [1.54, 1.807) is 12.3 Å². The lowest BCUT2D eigenvalue weighted by molar-refractivity contribution is 0.678. The van der Waals surface area contributed by atoms with Gasteiger partial charge in [-0.2, -0.15) is 5.26 Å². The van der Waals surface area contributed by atoms with Crippen molar-refractivity contribution >= 4 is 22.2 Å². The van der Waals surface area contributed by atoms with Crippen LogP contribution in [-0.2, 0) is 17.2 Å². The molecular weight excluding hydrogens is 246 g/mol. The van der Waals surface area contributed by atoms with Crippen LogP contribution < -0.4 is 11.1 Å². The minimum atomic E-state index is -0.758. The molecule has 0 spiro atoms. The van der Waals surface area contributed by atoms with Crippen molar-refractivity contribution in [1.29, 1.82) is 5.26 Å². The highest BCUT2D eigenvalue weighted by Gasteiger charge is 2.05. The monoisotopic (exact) mass is 265 g/mol. The number of nitrogens with zero attached hydrogens (tertiary/aromatic N) is 1. The molecule has 0 radical (unpaired) electrons. The number of rotatable bonds is 6. The van der Waals surface area contributed by atoms with E-state index in [1.165, 1.54) is 0 Å². The van der Waals surface area contributed by atoms with Crippen LogP contribution in [0, 0.1) is 11.3 Å². The number of nitrogens with one attached hydrogen (secondary N) is 1. The molecule has 1 aromatic rings. The van der Waals surface area contributed by atoms with E-state index in [-0.39, 0.29) is 6.04 Å². The van der Waals surface area contributed by atoms with E-state index in [2.05, 4.69) is 11.4 Å². The van der Waals surface area contributed by atoms with Gasteiger partial charge in [0.15, 0.2) is 0 Å². The molecule has 2 atom stereocenters. The number of nitrogen functional groups attached to an aromatic ring is 1. The van der Waals surface area contributed by atoms with Crippen molar-refractivity contribution in [2.45, 2.75) is 25.8 Å². The van der Waals surface area contributed by atoms with Gasteiger partial charge >= 0.3 is 0 Å². The molecule has 0 amide bonds. The predicted molar refractivity (Wildman–Crippen MR) is 76.8 cm³/mol. The molecule has 4 nitrogen and oxygen atoms in total. The Kier molecular flexibility index (Phi) is 5.66. The van der Waals surface area contributed by atoms with E-state index in [0.29, 0.717) is 17.9 Å². The van der Waals surface area contributed by atoms with Crippen LogP contribution in [0.2, 0.25) is 0 Å². The van der Waals surface area contributed by atoms with Gasteiger partial charge in [-0.05, 0) is 37.1 Å². The van der Waals surface area contributed by atoms with Crippen LogP contribution >= 0.6 is 0 Å². The highest BCUT2D eigenvalue weighted by atomic mass is 32.2. The Hall–Kier alpha value is -1.54. The molecule has 0 bridgehead atoms. The molecule has 0 aliphatic rings. The summed E-state index contributed by atoms with van der Waals surface area (Å²) >= 11 is 0. The molecule has 0 aromatic heterocycles. The number of hydrogen-bond donors (Lipinski definition) is 2. The van der Waals surface area contributed by atoms with Crippen molar-refractivity contribution < 1.29 is 4.21 Å². The Labute approximate surface area is 111 Å². The van der Waals surface area contributed by atoms with Gasteiger partial charge < -0.3 is 11.1 Å². The molecule has 0 saturated carbocycles. The Morgan fingerprint density at radius 3 is 2.89 bits per heavy atom. The summed E-state index contributed by atoms with van der Waals surface area (Å²) in [5.74, 6) is 0.689. The fourth-order valence-corrected chi connectivity index (χ4v) is 2.32. The van der Waals surface area contributed by atoms with Gasteiger partial charge in [0.05, 0.1) is 12.5 Å². The fourth-order valence-electron chi connectivity index (χ4n) is 1.63. The molecule has 0 aliphatic heterocycles. The van der Waals surface area contributed by atoms with Gasteiger partial charge in [-0.1, -0.05) is 0 Å². The SMILES string of the molecule is CC(CCS(C)=O)Nc1ccc(N)c(CC#N)c1. The molecule has 5 heteroatoms. The molecular formula is C13H19N3OS. The summed E-state index contributed by atoms with van der Waals surface area (Å²) in [7, 11) is -0.758. The number of benzene rings is 1. The van der Waals surface area contributed by atoms with E-state index in [9.17, 15) is 4.21 Å². The second-order valence-electron chi connectivity index (χ2n) is 4.36. The van der Waals surface area contributed by atoms with E-state index in [4.69, 9.17) is 11.0 Å². The molecule has 3 N–H and O–H groups in total. The molecule has 0 heterocycles. The van der Waals surface area contributed by atoms with Crippen LogP contribution in [-0.4, -0.2) is 22.3 Å². The largest absolute Gasteiger partial charge is 0.398 e. The third kappa shape index (κ3) is 4.76. The Morgan fingerprint density at radius 2 is 2.28 bits per heavy atom. The lowest BCUT2D eigenvalue weighted by Gasteiger charge is -2.15. The maximum atomic E-state index is 11.0. The maximum Gasteiger partial charge on any atom is 0.0670 e. The zero-order valence-corrected chi connectivity index (χ0v) is 11.6. The summed E-state index contributed by atoms with van der Waals surface area (Å²) in [4.78, 5) is 0. The number of nitrogens with two attached hydrogens (primary N) is 1. The lowest BCUT2D eigenvalue weighted by atomic mass is 10.1. The minimum absolute atomic E-state index is 0.243.